The molecule has 0 spiro atoms. The topological polar surface area (TPSA) is 75.2 Å². The van der Waals surface area contributed by atoms with Crippen LogP contribution in [-0.2, 0) is 16.1 Å². The zero-order chi connectivity index (χ0) is 15.1. The lowest BCUT2D eigenvalue weighted by Gasteiger charge is -2.29. The van der Waals surface area contributed by atoms with E-state index in [9.17, 15) is 14.4 Å². The molecule has 110 valence electrons. The van der Waals surface area contributed by atoms with Crippen molar-refractivity contribution in [3.63, 3.8) is 0 Å². The van der Waals surface area contributed by atoms with Gasteiger partial charge < -0.3 is 4.74 Å². The molecule has 0 saturated heterocycles. The molecule has 0 bridgehead atoms. The number of carbonyl (C=O) groups excluding carboxylic acids is 1. The smallest absolute Gasteiger partial charge is 0.355 e. The molecule has 1 aromatic heterocycles. The van der Waals surface area contributed by atoms with Crippen LogP contribution in [0.3, 0.4) is 0 Å². The monoisotopic (exact) mass is 289 g/mol. The first-order chi connectivity index (χ1) is 10.0. The number of carbonyl (C=O) groups is 1. The Morgan fingerprint density at radius 1 is 1.19 bits per heavy atom. The lowest BCUT2D eigenvalue weighted by atomic mass is 10.2. The maximum absolute atomic E-state index is 12.3. The van der Waals surface area contributed by atoms with Crippen molar-refractivity contribution >= 4 is 5.97 Å². The van der Waals surface area contributed by atoms with E-state index in [-0.39, 0.29) is 12.5 Å². The second kappa shape index (κ2) is 4.76. The molecule has 1 unspecified atom stereocenters. The molecular weight excluding hydrogens is 274 g/mol. The minimum absolute atomic E-state index is 0.201. The van der Waals surface area contributed by atoms with Gasteiger partial charge in [-0.05, 0) is 12.1 Å². The number of nitrogens with zero attached hydrogens (tertiary/aromatic N) is 3. The molecular formula is C14H15N3O4. The summed E-state index contributed by atoms with van der Waals surface area (Å²) in [5.41, 5.74) is -0.433. The van der Waals surface area contributed by atoms with Gasteiger partial charge in [0.2, 0.25) is 6.23 Å². The largest absolute Gasteiger partial charge is 0.437 e. The molecule has 7 nitrogen and oxygen atoms in total. The van der Waals surface area contributed by atoms with E-state index < -0.39 is 23.6 Å². The number of esters is 1. The summed E-state index contributed by atoms with van der Waals surface area (Å²) in [4.78, 5) is 36.1. The highest BCUT2D eigenvalue weighted by atomic mass is 16.6. The average Bonchev–Trinajstić information content (AvgIpc) is 2.62. The molecule has 0 amide bonds. The molecule has 0 N–H and O–H groups in total. The van der Waals surface area contributed by atoms with Gasteiger partial charge in [0, 0.05) is 0 Å². The van der Waals surface area contributed by atoms with Gasteiger partial charge in [-0.2, -0.15) is 4.68 Å². The molecule has 7 heteroatoms. The number of rotatable bonds is 3. The lowest BCUT2D eigenvalue weighted by molar-refractivity contribution is -0.168. The SMILES string of the molecule is CC(C)C(=O)OC1Cn2c(=O)n(-c3ccccc3)c(=O)n21. The van der Waals surface area contributed by atoms with Crippen LogP contribution < -0.4 is 11.4 Å². The fourth-order valence-electron chi connectivity index (χ4n) is 2.22. The Morgan fingerprint density at radius 2 is 1.86 bits per heavy atom. The van der Waals surface area contributed by atoms with Gasteiger partial charge in [-0.15, -0.1) is 0 Å². The number of fused-ring (bicyclic) bond motifs is 1. The molecule has 0 aliphatic carbocycles. The summed E-state index contributed by atoms with van der Waals surface area (Å²) in [6, 6.07) is 8.65. The van der Waals surface area contributed by atoms with Crippen molar-refractivity contribution in [3.8, 4) is 5.69 Å². The Kier molecular flexibility index (Phi) is 3.04. The van der Waals surface area contributed by atoms with E-state index in [0.29, 0.717) is 5.69 Å². The normalized spacial score (nSPS) is 16.4. The summed E-state index contributed by atoms with van der Waals surface area (Å²) < 4.78 is 8.73. The Labute approximate surface area is 120 Å². The summed E-state index contributed by atoms with van der Waals surface area (Å²) in [5, 5.41) is 0. The van der Waals surface area contributed by atoms with Crippen LogP contribution in [0.4, 0.5) is 0 Å². The van der Waals surface area contributed by atoms with Crippen LogP contribution in [0, 0.1) is 5.92 Å². The molecule has 0 radical (unpaired) electrons. The van der Waals surface area contributed by atoms with Crippen molar-refractivity contribution in [2.45, 2.75) is 26.6 Å². The lowest BCUT2D eigenvalue weighted by Crippen LogP contribution is -2.45. The predicted molar refractivity (Wildman–Crippen MR) is 74.3 cm³/mol. The van der Waals surface area contributed by atoms with Gasteiger partial charge in [0.05, 0.1) is 11.6 Å². The summed E-state index contributed by atoms with van der Waals surface area (Å²) in [5.74, 6) is -0.671. The molecule has 1 aliphatic rings. The van der Waals surface area contributed by atoms with E-state index in [0.717, 1.165) is 4.57 Å². The van der Waals surface area contributed by atoms with Crippen molar-refractivity contribution in [1.29, 1.82) is 0 Å². The first-order valence-corrected chi connectivity index (χ1v) is 6.71. The van der Waals surface area contributed by atoms with Gasteiger partial charge in [0.15, 0.2) is 0 Å². The van der Waals surface area contributed by atoms with Crippen LogP contribution in [0.2, 0.25) is 0 Å². The highest BCUT2D eigenvalue weighted by molar-refractivity contribution is 5.71. The zero-order valence-electron chi connectivity index (χ0n) is 11.7. The standard InChI is InChI=1S/C14H15N3O4/c1-9(2)12(18)21-11-8-15-13(19)16(14(20)17(11)15)10-6-4-3-5-7-10/h3-7,9,11H,8H2,1-2H3. The number of para-hydroxylation sites is 1. The Hall–Kier alpha value is -2.57. The molecule has 2 aromatic rings. The van der Waals surface area contributed by atoms with Crippen molar-refractivity contribution < 1.29 is 9.53 Å². The Morgan fingerprint density at radius 3 is 2.48 bits per heavy atom. The highest BCUT2D eigenvalue weighted by Crippen LogP contribution is 2.19. The molecule has 3 rings (SSSR count). The maximum Gasteiger partial charge on any atom is 0.355 e. The van der Waals surface area contributed by atoms with Gasteiger partial charge in [0.1, 0.15) is 6.54 Å². The highest BCUT2D eigenvalue weighted by Gasteiger charge is 2.35. The third kappa shape index (κ3) is 2.01. The van der Waals surface area contributed by atoms with Crippen LogP contribution in [0.15, 0.2) is 39.9 Å². The summed E-state index contributed by atoms with van der Waals surface area (Å²) in [7, 11) is 0. The van der Waals surface area contributed by atoms with E-state index in [1.165, 1.54) is 9.36 Å². The number of benzene rings is 1. The zero-order valence-corrected chi connectivity index (χ0v) is 11.7. The van der Waals surface area contributed by atoms with E-state index in [2.05, 4.69) is 0 Å². The van der Waals surface area contributed by atoms with Crippen LogP contribution in [0.25, 0.3) is 5.69 Å². The molecule has 21 heavy (non-hydrogen) atoms. The van der Waals surface area contributed by atoms with Crippen molar-refractivity contribution in [1.82, 2.24) is 13.9 Å². The molecule has 2 heterocycles. The second-order valence-corrected chi connectivity index (χ2v) is 5.21. The van der Waals surface area contributed by atoms with Gasteiger partial charge in [-0.25, -0.2) is 18.8 Å². The molecule has 1 aromatic carbocycles. The number of hydrogen-bond acceptors (Lipinski definition) is 4. The third-order valence-corrected chi connectivity index (χ3v) is 3.40. The fourth-order valence-corrected chi connectivity index (χ4v) is 2.22. The van der Waals surface area contributed by atoms with Crippen LogP contribution in [0.1, 0.15) is 20.1 Å². The van der Waals surface area contributed by atoms with Crippen LogP contribution in [-0.4, -0.2) is 19.9 Å². The van der Waals surface area contributed by atoms with Crippen molar-refractivity contribution in [2.75, 3.05) is 0 Å². The summed E-state index contributed by atoms with van der Waals surface area (Å²) >= 11 is 0. The Balaban J connectivity index is 2.00. The number of ether oxygens (including phenoxy) is 1. The van der Waals surface area contributed by atoms with Gasteiger partial charge in [-0.3, -0.25) is 4.79 Å². The van der Waals surface area contributed by atoms with Gasteiger partial charge in [0.25, 0.3) is 0 Å². The second-order valence-electron chi connectivity index (χ2n) is 5.21. The fraction of sp³-hybridized carbons (Fsp3) is 0.357. The van der Waals surface area contributed by atoms with Crippen molar-refractivity contribution in [2.24, 2.45) is 5.92 Å². The summed E-state index contributed by atoms with van der Waals surface area (Å²) in [6.07, 6.45) is -0.704. The van der Waals surface area contributed by atoms with E-state index in [4.69, 9.17) is 4.74 Å². The first-order valence-electron chi connectivity index (χ1n) is 6.71. The Bertz CT molecular complexity index is 798. The molecule has 1 atom stereocenters. The average molecular weight is 289 g/mol. The van der Waals surface area contributed by atoms with Crippen LogP contribution >= 0.6 is 0 Å². The minimum Gasteiger partial charge on any atom is -0.437 e. The third-order valence-electron chi connectivity index (χ3n) is 3.40. The first kappa shape index (κ1) is 13.4. The molecule has 0 saturated carbocycles. The van der Waals surface area contributed by atoms with Crippen LogP contribution in [0.5, 0.6) is 0 Å². The van der Waals surface area contributed by atoms with E-state index in [1.54, 1.807) is 44.2 Å². The molecule has 1 aliphatic heterocycles. The quantitative estimate of drug-likeness (QED) is 0.772. The van der Waals surface area contributed by atoms with Gasteiger partial charge >= 0.3 is 17.3 Å². The maximum atomic E-state index is 12.3. The minimum atomic E-state index is -0.704. The van der Waals surface area contributed by atoms with E-state index in [1.807, 2.05) is 0 Å². The van der Waals surface area contributed by atoms with Crippen molar-refractivity contribution in [3.05, 3.63) is 51.3 Å². The summed E-state index contributed by atoms with van der Waals surface area (Å²) in [6.45, 7) is 3.63. The molecule has 0 fully saturated rings. The number of aromatic nitrogens is 3. The van der Waals surface area contributed by atoms with Gasteiger partial charge in [-0.1, -0.05) is 32.0 Å². The van der Waals surface area contributed by atoms with E-state index >= 15 is 0 Å². The predicted octanol–water partition coefficient (Wildman–Crippen LogP) is 0.512. The number of hydrogen-bond donors (Lipinski definition) is 0.